The second kappa shape index (κ2) is 6.91. The Hall–Kier alpha value is -2.89. The fourth-order valence-electron chi connectivity index (χ4n) is 2.37. The van der Waals surface area contributed by atoms with Gasteiger partial charge in [-0.15, -0.1) is 0 Å². The minimum Gasteiger partial charge on any atom is -0.439 e. The molecular formula is C17H17N3O3. The Morgan fingerprint density at radius 3 is 2.83 bits per heavy atom. The predicted octanol–water partition coefficient (Wildman–Crippen LogP) is 1.63. The van der Waals surface area contributed by atoms with Crippen LogP contribution in [0.1, 0.15) is 12.0 Å². The lowest BCUT2D eigenvalue weighted by Crippen LogP contribution is -2.31. The fourth-order valence-corrected chi connectivity index (χ4v) is 2.37. The van der Waals surface area contributed by atoms with Crippen LogP contribution in [0.5, 0.6) is 11.6 Å². The number of para-hydroxylation sites is 1. The van der Waals surface area contributed by atoms with Gasteiger partial charge in [-0.2, -0.15) is 0 Å². The molecule has 6 heteroatoms. The van der Waals surface area contributed by atoms with Crippen molar-refractivity contribution in [2.45, 2.75) is 13.0 Å². The van der Waals surface area contributed by atoms with E-state index >= 15 is 0 Å². The Bertz CT molecular complexity index is 703. The van der Waals surface area contributed by atoms with Gasteiger partial charge >= 0.3 is 0 Å². The summed E-state index contributed by atoms with van der Waals surface area (Å²) >= 11 is 0. The summed E-state index contributed by atoms with van der Waals surface area (Å²) in [5.41, 5.74) is 0.780. The van der Waals surface area contributed by atoms with Crippen molar-refractivity contribution in [1.82, 2.24) is 15.6 Å². The molecular weight excluding hydrogens is 294 g/mol. The number of nitrogens with one attached hydrogen (secondary N) is 2. The average molecular weight is 311 g/mol. The van der Waals surface area contributed by atoms with Gasteiger partial charge in [0.25, 0.3) is 0 Å². The van der Waals surface area contributed by atoms with E-state index in [-0.39, 0.29) is 24.2 Å². The maximum Gasteiger partial charge on any atom is 0.225 e. The van der Waals surface area contributed by atoms with E-state index in [9.17, 15) is 9.59 Å². The van der Waals surface area contributed by atoms with Crippen molar-refractivity contribution in [3.8, 4) is 11.6 Å². The number of carbonyl (C=O) groups is 2. The molecule has 1 fully saturated rings. The van der Waals surface area contributed by atoms with E-state index < -0.39 is 0 Å². The van der Waals surface area contributed by atoms with E-state index in [1.165, 1.54) is 0 Å². The SMILES string of the molecule is O=C1C[C@@H](C(=O)NCc2cccnc2Oc2ccccc2)CN1. The molecule has 1 aromatic heterocycles. The minimum absolute atomic E-state index is 0.0837. The van der Waals surface area contributed by atoms with Crippen LogP contribution < -0.4 is 15.4 Å². The van der Waals surface area contributed by atoms with Crippen molar-refractivity contribution in [1.29, 1.82) is 0 Å². The number of hydrogen-bond donors (Lipinski definition) is 2. The molecule has 2 aromatic rings. The second-order valence-corrected chi connectivity index (χ2v) is 5.31. The van der Waals surface area contributed by atoms with Crippen molar-refractivity contribution in [3.05, 3.63) is 54.2 Å². The van der Waals surface area contributed by atoms with Gasteiger partial charge < -0.3 is 15.4 Å². The zero-order chi connectivity index (χ0) is 16.1. The molecule has 0 bridgehead atoms. The Kier molecular flexibility index (Phi) is 4.52. The van der Waals surface area contributed by atoms with Gasteiger partial charge in [0, 0.05) is 31.3 Å². The normalized spacial score (nSPS) is 16.7. The van der Waals surface area contributed by atoms with Gasteiger partial charge in [0.2, 0.25) is 17.7 Å². The van der Waals surface area contributed by atoms with Crippen LogP contribution in [0.3, 0.4) is 0 Å². The van der Waals surface area contributed by atoms with E-state index in [2.05, 4.69) is 15.6 Å². The highest BCUT2D eigenvalue weighted by molar-refractivity contribution is 5.89. The highest BCUT2D eigenvalue weighted by Gasteiger charge is 2.27. The maximum absolute atomic E-state index is 12.1. The highest BCUT2D eigenvalue weighted by atomic mass is 16.5. The molecule has 1 atom stereocenters. The first-order chi connectivity index (χ1) is 11.2. The molecule has 1 saturated heterocycles. The summed E-state index contributed by atoms with van der Waals surface area (Å²) in [6, 6.07) is 13.0. The van der Waals surface area contributed by atoms with Crippen molar-refractivity contribution in [2.75, 3.05) is 6.54 Å². The molecule has 0 spiro atoms. The van der Waals surface area contributed by atoms with Crippen molar-refractivity contribution >= 4 is 11.8 Å². The molecule has 2 amide bonds. The number of carbonyl (C=O) groups excluding carboxylic acids is 2. The molecule has 6 nitrogen and oxygen atoms in total. The van der Waals surface area contributed by atoms with Gasteiger partial charge in [-0.05, 0) is 18.2 Å². The Balaban J connectivity index is 1.64. The zero-order valence-electron chi connectivity index (χ0n) is 12.5. The van der Waals surface area contributed by atoms with E-state index in [4.69, 9.17) is 4.74 Å². The van der Waals surface area contributed by atoms with Gasteiger partial charge in [0.1, 0.15) is 5.75 Å². The van der Waals surface area contributed by atoms with E-state index in [1.807, 2.05) is 36.4 Å². The lowest BCUT2D eigenvalue weighted by Gasteiger charge is -2.12. The summed E-state index contributed by atoms with van der Waals surface area (Å²) in [5, 5.41) is 5.49. The lowest BCUT2D eigenvalue weighted by atomic mass is 10.1. The Labute approximate surface area is 133 Å². The number of hydrogen-bond acceptors (Lipinski definition) is 4. The smallest absolute Gasteiger partial charge is 0.225 e. The van der Waals surface area contributed by atoms with Crippen LogP contribution in [0.25, 0.3) is 0 Å². The number of benzene rings is 1. The third-order valence-corrected chi connectivity index (χ3v) is 3.61. The van der Waals surface area contributed by atoms with Gasteiger partial charge in [0.15, 0.2) is 0 Å². The summed E-state index contributed by atoms with van der Waals surface area (Å²) < 4.78 is 5.76. The fraction of sp³-hybridized carbons (Fsp3) is 0.235. The van der Waals surface area contributed by atoms with Crippen LogP contribution in [0.15, 0.2) is 48.7 Å². The topological polar surface area (TPSA) is 80.3 Å². The summed E-state index contributed by atoms with van der Waals surface area (Å²) in [6.07, 6.45) is 1.88. The predicted molar refractivity (Wildman–Crippen MR) is 83.7 cm³/mol. The first-order valence-electron chi connectivity index (χ1n) is 7.43. The van der Waals surface area contributed by atoms with Crippen LogP contribution in [0.4, 0.5) is 0 Å². The Morgan fingerprint density at radius 2 is 2.09 bits per heavy atom. The third kappa shape index (κ3) is 3.85. The highest BCUT2D eigenvalue weighted by Crippen LogP contribution is 2.22. The molecule has 2 N–H and O–H groups in total. The summed E-state index contributed by atoms with van der Waals surface area (Å²) in [5.74, 6) is 0.610. The van der Waals surface area contributed by atoms with Crippen LogP contribution in [-0.4, -0.2) is 23.3 Å². The maximum atomic E-state index is 12.1. The van der Waals surface area contributed by atoms with E-state index in [0.29, 0.717) is 24.7 Å². The van der Waals surface area contributed by atoms with Gasteiger partial charge in [-0.25, -0.2) is 4.98 Å². The number of aromatic nitrogens is 1. The van der Waals surface area contributed by atoms with Crippen molar-refractivity contribution < 1.29 is 14.3 Å². The average Bonchev–Trinajstić information content (AvgIpc) is 3.01. The number of pyridine rings is 1. The van der Waals surface area contributed by atoms with Crippen LogP contribution in [0.2, 0.25) is 0 Å². The second-order valence-electron chi connectivity index (χ2n) is 5.31. The molecule has 23 heavy (non-hydrogen) atoms. The number of rotatable bonds is 5. The monoisotopic (exact) mass is 311 g/mol. The number of amides is 2. The van der Waals surface area contributed by atoms with Crippen molar-refractivity contribution in [2.24, 2.45) is 5.92 Å². The molecule has 0 saturated carbocycles. The largest absolute Gasteiger partial charge is 0.439 e. The molecule has 0 radical (unpaired) electrons. The molecule has 0 unspecified atom stereocenters. The minimum atomic E-state index is -0.308. The number of ether oxygens (including phenoxy) is 1. The quantitative estimate of drug-likeness (QED) is 0.879. The van der Waals surface area contributed by atoms with Gasteiger partial charge in [0.05, 0.1) is 5.92 Å². The zero-order valence-corrected chi connectivity index (χ0v) is 12.5. The molecule has 1 aromatic carbocycles. The summed E-state index contributed by atoms with van der Waals surface area (Å²) in [7, 11) is 0. The summed E-state index contributed by atoms with van der Waals surface area (Å²) in [4.78, 5) is 27.5. The molecule has 1 aliphatic rings. The molecule has 118 valence electrons. The first kappa shape index (κ1) is 15.0. The molecule has 3 rings (SSSR count). The van der Waals surface area contributed by atoms with E-state index in [0.717, 1.165) is 5.56 Å². The van der Waals surface area contributed by atoms with Gasteiger partial charge in [-0.1, -0.05) is 24.3 Å². The number of nitrogens with zero attached hydrogens (tertiary/aromatic N) is 1. The Morgan fingerprint density at radius 1 is 1.26 bits per heavy atom. The third-order valence-electron chi connectivity index (χ3n) is 3.61. The van der Waals surface area contributed by atoms with Crippen LogP contribution in [-0.2, 0) is 16.1 Å². The molecule has 1 aliphatic heterocycles. The van der Waals surface area contributed by atoms with E-state index in [1.54, 1.807) is 12.3 Å². The summed E-state index contributed by atoms with van der Waals surface area (Å²) in [6.45, 7) is 0.699. The van der Waals surface area contributed by atoms with Crippen LogP contribution >= 0.6 is 0 Å². The first-order valence-corrected chi connectivity index (χ1v) is 7.43. The lowest BCUT2D eigenvalue weighted by molar-refractivity contribution is -0.126. The van der Waals surface area contributed by atoms with Gasteiger partial charge in [-0.3, -0.25) is 9.59 Å². The van der Waals surface area contributed by atoms with Crippen molar-refractivity contribution in [3.63, 3.8) is 0 Å². The van der Waals surface area contributed by atoms with Crippen LogP contribution in [0, 0.1) is 5.92 Å². The standard InChI is InChI=1S/C17H17N3O3/c21-15-9-13(11-19-15)16(22)20-10-12-5-4-8-18-17(12)23-14-6-2-1-3-7-14/h1-8,13H,9-11H2,(H,19,21)(H,20,22)/t13-/m1/s1. The molecule has 0 aliphatic carbocycles. The molecule has 2 heterocycles.